The Labute approximate surface area is 103 Å². The third-order valence-corrected chi connectivity index (χ3v) is 4.07. The van der Waals surface area contributed by atoms with E-state index in [-0.39, 0.29) is 0 Å². The van der Waals surface area contributed by atoms with Crippen LogP contribution in [0, 0.1) is 0 Å². The average molecular weight is 269 g/mol. The van der Waals surface area contributed by atoms with Gasteiger partial charge in [0.25, 0.3) is 0 Å². The fraction of sp³-hybridized carbons (Fsp3) is 0.0909. The van der Waals surface area contributed by atoms with Gasteiger partial charge in [-0.05, 0) is 34.5 Å². The monoisotopic (exact) mass is 269 g/mol. The van der Waals surface area contributed by atoms with Gasteiger partial charge in [0.1, 0.15) is 0 Å². The number of anilines is 1. The van der Waals surface area contributed by atoms with Crippen LogP contribution in [0.4, 0.5) is 5.69 Å². The van der Waals surface area contributed by atoms with Gasteiger partial charge < -0.3 is 15.1 Å². The van der Waals surface area contributed by atoms with Crippen LogP contribution in [0.15, 0.2) is 47.2 Å². The molecule has 2 aromatic rings. The summed E-state index contributed by atoms with van der Waals surface area (Å²) >= 11 is 1.41. The molecule has 1 aromatic heterocycles. The molecule has 0 spiro atoms. The lowest BCUT2D eigenvalue weighted by Gasteiger charge is -2.20. The minimum Gasteiger partial charge on any atom is -0.368 e. The van der Waals surface area contributed by atoms with Crippen LogP contribution in [-0.4, -0.2) is 9.79 Å². The molecule has 0 fully saturated rings. The Morgan fingerprint density at radius 2 is 1.88 bits per heavy atom. The fourth-order valence-corrected chi connectivity index (χ4v) is 3.14. The van der Waals surface area contributed by atoms with Crippen LogP contribution in [0.3, 0.4) is 0 Å². The summed E-state index contributed by atoms with van der Waals surface area (Å²) in [5.41, 5.74) is 1.29. The Kier molecular flexibility index (Phi) is 3.64. The molecule has 0 bridgehead atoms. The largest absolute Gasteiger partial charge is 0.368 e. The van der Waals surface area contributed by atoms with Crippen molar-refractivity contribution >= 4 is 24.6 Å². The highest BCUT2D eigenvalue weighted by molar-refractivity contribution is 7.52. The first-order valence-corrected chi connectivity index (χ1v) is 7.59. The van der Waals surface area contributed by atoms with Crippen molar-refractivity contribution in [3.05, 3.63) is 52.7 Å². The Morgan fingerprint density at radius 1 is 1.18 bits per heavy atom. The number of hydrogen-bond donors (Lipinski definition) is 3. The van der Waals surface area contributed by atoms with Crippen molar-refractivity contribution < 1.29 is 14.4 Å². The van der Waals surface area contributed by atoms with E-state index in [0.717, 1.165) is 0 Å². The molecule has 0 saturated heterocycles. The third kappa shape index (κ3) is 3.17. The Morgan fingerprint density at radius 3 is 2.41 bits per heavy atom. The van der Waals surface area contributed by atoms with Gasteiger partial charge in [-0.1, -0.05) is 18.2 Å². The minimum atomic E-state index is -4.23. The average Bonchev–Trinajstić information content (AvgIpc) is 2.79. The number of hydrogen-bond acceptors (Lipinski definition) is 3. The maximum Gasteiger partial charge on any atom is 0.352 e. The summed E-state index contributed by atoms with van der Waals surface area (Å²) in [5.74, 6) is -0.990. The van der Waals surface area contributed by atoms with Crippen molar-refractivity contribution in [2.24, 2.45) is 0 Å². The Hall–Kier alpha value is -1.13. The van der Waals surface area contributed by atoms with Gasteiger partial charge in [-0.15, -0.1) is 0 Å². The van der Waals surface area contributed by atoms with Crippen LogP contribution < -0.4 is 5.32 Å². The Bertz CT molecular complexity index is 509. The highest BCUT2D eigenvalue weighted by Gasteiger charge is 2.30. The normalized spacial score (nSPS) is 13.3. The molecule has 0 aliphatic carbocycles. The first-order valence-electron chi connectivity index (χ1n) is 4.96. The van der Waals surface area contributed by atoms with Crippen LogP contribution >= 0.6 is 18.9 Å². The van der Waals surface area contributed by atoms with Gasteiger partial charge in [0.05, 0.1) is 0 Å². The van der Waals surface area contributed by atoms with Gasteiger partial charge >= 0.3 is 7.60 Å². The predicted octanol–water partition coefficient (Wildman–Crippen LogP) is 3.04. The van der Waals surface area contributed by atoms with E-state index in [4.69, 9.17) is 0 Å². The number of nitrogens with one attached hydrogen (secondary N) is 1. The second kappa shape index (κ2) is 5.02. The van der Waals surface area contributed by atoms with Gasteiger partial charge in [-0.3, -0.25) is 4.57 Å². The fourth-order valence-electron chi connectivity index (χ4n) is 1.48. The molecule has 1 atom stereocenters. The van der Waals surface area contributed by atoms with E-state index in [1.807, 2.05) is 18.2 Å². The van der Waals surface area contributed by atoms with Crippen molar-refractivity contribution in [1.29, 1.82) is 0 Å². The maximum absolute atomic E-state index is 11.5. The molecule has 0 amide bonds. The molecular weight excluding hydrogens is 257 g/mol. The maximum atomic E-state index is 11.5. The molecule has 4 nitrogen and oxygen atoms in total. The molecule has 0 aliphatic heterocycles. The molecule has 6 heteroatoms. The van der Waals surface area contributed by atoms with E-state index in [1.54, 1.807) is 29.0 Å². The van der Waals surface area contributed by atoms with Gasteiger partial charge in [0.15, 0.2) is 5.78 Å². The molecule has 1 heterocycles. The van der Waals surface area contributed by atoms with E-state index in [1.165, 1.54) is 11.3 Å². The molecule has 0 radical (unpaired) electrons. The van der Waals surface area contributed by atoms with Crippen LogP contribution in [-0.2, 0) is 4.57 Å². The molecular formula is C11H12NO3PS. The van der Waals surface area contributed by atoms with Crippen molar-refractivity contribution in [1.82, 2.24) is 0 Å². The first-order chi connectivity index (χ1) is 8.07. The molecule has 90 valence electrons. The molecule has 3 N–H and O–H groups in total. The van der Waals surface area contributed by atoms with E-state index in [0.29, 0.717) is 11.3 Å². The van der Waals surface area contributed by atoms with E-state index in [9.17, 15) is 14.4 Å². The lowest BCUT2D eigenvalue weighted by atomic mass is 10.3. The van der Waals surface area contributed by atoms with E-state index in [2.05, 4.69) is 5.32 Å². The molecule has 17 heavy (non-hydrogen) atoms. The zero-order valence-corrected chi connectivity index (χ0v) is 10.6. The highest BCUT2D eigenvalue weighted by Crippen LogP contribution is 2.52. The molecule has 0 aliphatic rings. The summed E-state index contributed by atoms with van der Waals surface area (Å²) in [6.07, 6.45) is 0. The standard InChI is InChI=1S/C11H12NO3PS/c13-16(14,15)11(9-6-7-17-8-9)12-10-4-2-1-3-5-10/h1-8,11-12H,(H2,13,14,15)/t11-/m0/s1. The van der Waals surface area contributed by atoms with Gasteiger partial charge in [-0.2, -0.15) is 11.3 Å². The summed E-state index contributed by atoms with van der Waals surface area (Å²) in [6.45, 7) is 0. The SMILES string of the molecule is O=P(O)(O)[C@H](Nc1ccccc1)c1ccsc1. The summed E-state index contributed by atoms with van der Waals surface area (Å²) < 4.78 is 11.5. The highest BCUT2D eigenvalue weighted by atomic mass is 32.1. The van der Waals surface area contributed by atoms with Crippen LogP contribution in [0.5, 0.6) is 0 Å². The third-order valence-electron chi connectivity index (χ3n) is 2.27. The van der Waals surface area contributed by atoms with Gasteiger partial charge in [0, 0.05) is 5.69 Å². The summed E-state index contributed by atoms with van der Waals surface area (Å²) in [5, 5.41) is 6.40. The Balaban J connectivity index is 2.27. The zero-order chi connectivity index (χ0) is 12.3. The number of rotatable bonds is 4. The number of benzene rings is 1. The summed E-state index contributed by atoms with van der Waals surface area (Å²) in [4.78, 5) is 18.7. The zero-order valence-electron chi connectivity index (χ0n) is 8.85. The second-order valence-corrected chi connectivity index (χ2v) is 6.03. The second-order valence-electron chi connectivity index (χ2n) is 3.56. The van der Waals surface area contributed by atoms with Crippen LogP contribution in [0.2, 0.25) is 0 Å². The summed E-state index contributed by atoms with van der Waals surface area (Å²) in [7, 11) is -4.23. The first kappa shape index (κ1) is 12.3. The van der Waals surface area contributed by atoms with E-state index >= 15 is 0 Å². The van der Waals surface area contributed by atoms with Crippen LogP contribution in [0.1, 0.15) is 11.3 Å². The van der Waals surface area contributed by atoms with Gasteiger partial charge in [-0.25, -0.2) is 0 Å². The number of thiophene rings is 1. The van der Waals surface area contributed by atoms with Crippen LogP contribution in [0.25, 0.3) is 0 Å². The topological polar surface area (TPSA) is 69.6 Å². The molecule has 0 saturated carbocycles. The van der Waals surface area contributed by atoms with Gasteiger partial charge in [0.2, 0.25) is 0 Å². The smallest absolute Gasteiger partial charge is 0.352 e. The lowest BCUT2D eigenvalue weighted by Crippen LogP contribution is -2.10. The van der Waals surface area contributed by atoms with Crippen molar-refractivity contribution in [2.75, 3.05) is 5.32 Å². The minimum absolute atomic E-state index is 0.604. The molecule has 2 rings (SSSR count). The predicted molar refractivity (Wildman–Crippen MR) is 69.2 cm³/mol. The van der Waals surface area contributed by atoms with Crippen molar-refractivity contribution in [3.8, 4) is 0 Å². The molecule has 1 aromatic carbocycles. The van der Waals surface area contributed by atoms with E-state index < -0.39 is 13.4 Å². The van der Waals surface area contributed by atoms with Crippen molar-refractivity contribution in [3.63, 3.8) is 0 Å². The number of para-hydroxylation sites is 1. The molecule has 0 unspecified atom stereocenters. The quantitative estimate of drug-likeness (QED) is 0.746. The lowest BCUT2D eigenvalue weighted by molar-refractivity contribution is 0.363. The summed E-state index contributed by atoms with van der Waals surface area (Å²) in [6, 6.07) is 10.7. The van der Waals surface area contributed by atoms with Crippen molar-refractivity contribution in [2.45, 2.75) is 5.78 Å².